The summed E-state index contributed by atoms with van der Waals surface area (Å²) in [5.41, 5.74) is 9.30. The summed E-state index contributed by atoms with van der Waals surface area (Å²) in [6.07, 6.45) is 4.65. The van der Waals surface area contributed by atoms with Crippen LogP contribution in [-0.2, 0) is 10.6 Å². The van der Waals surface area contributed by atoms with E-state index in [0.717, 1.165) is 25.2 Å². The number of aryl methyl sites for hydroxylation is 1. The molecule has 0 saturated carbocycles. The number of carbonyl (C=O) groups excluding carboxylic acids is 1. The molecule has 2 atom stereocenters. The Morgan fingerprint density at radius 3 is 2.60 bits per heavy atom. The van der Waals surface area contributed by atoms with Crippen molar-refractivity contribution < 1.29 is 18.6 Å². The molecule has 3 aromatic rings. The maximum absolute atomic E-state index is 13.3. The molecule has 2 aromatic heterocycles. The van der Waals surface area contributed by atoms with Crippen LogP contribution in [0.3, 0.4) is 0 Å². The van der Waals surface area contributed by atoms with Gasteiger partial charge in [0.15, 0.2) is 0 Å². The Balaban J connectivity index is 1.32. The number of amides is 1. The van der Waals surface area contributed by atoms with E-state index >= 15 is 0 Å². The van der Waals surface area contributed by atoms with E-state index in [1.54, 1.807) is 48.5 Å². The van der Waals surface area contributed by atoms with Crippen LogP contribution < -0.4 is 5.73 Å². The predicted octanol–water partition coefficient (Wildman–Crippen LogP) is 3.16. The summed E-state index contributed by atoms with van der Waals surface area (Å²) in [6.45, 7) is 4.56. The van der Waals surface area contributed by atoms with Crippen LogP contribution in [-0.4, -0.2) is 91.2 Å². The van der Waals surface area contributed by atoms with Gasteiger partial charge in [-0.25, -0.2) is 15.0 Å². The van der Waals surface area contributed by atoms with Crippen LogP contribution in [0.1, 0.15) is 40.5 Å². The molecule has 4 heterocycles. The fourth-order valence-electron chi connectivity index (χ4n) is 5.20. The first-order valence-electron chi connectivity index (χ1n) is 13.3. The van der Waals surface area contributed by atoms with Crippen molar-refractivity contribution in [2.24, 2.45) is 0 Å². The zero-order chi connectivity index (χ0) is 28.3. The number of nitrogens with two attached hydrogens (primary N) is 1. The molecular weight excluding hydrogens is 528 g/mol. The van der Waals surface area contributed by atoms with Gasteiger partial charge in [0.2, 0.25) is 0 Å². The normalized spacial score (nSPS) is 22.8. The fraction of sp³-hybridized carbons (Fsp3) is 0.379. The van der Waals surface area contributed by atoms with Gasteiger partial charge in [-0.05, 0) is 37.1 Å². The maximum Gasteiger partial charge on any atom is 0.257 e. The molecule has 40 heavy (non-hydrogen) atoms. The second kappa shape index (κ2) is 11.8. The number of rotatable bonds is 5. The number of aromatic hydroxyl groups is 1. The highest BCUT2D eigenvalue weighted by molar-refractivity contribution is 8.25. The molecule has 10 nitrogen and oxygen atoms in total. The molecule has 5 rings (SSSR count). The first-order chi connectivity index (χ1) is 19.3. The molecular formula is C29H34N6O4S. The number of benzene rings is 1. The highest BCUT2D eigenvalue weighted by Crippen LogP contribution is 2.51. The molecule has 11 heteroatoms. The molecule has 1 amide bonds. The molecule has 0 spiro atoms. The SMILES string of the molecule is CCc1ncnc(-c2ccc(C(=O)N3CCN(C4CCS(O)(OC)C4)CC3)c(O)c2)c1C#Cc1ccc(N)nc1. The molecule has 2 fully saturated rings. The minimum absolute atomic E-state index is 0.104. The van der Waals surface area contributed by atoms with Crippen LogP contribution in [0.15, 0.2) is 42.9 Å². The largest absolute Gasteiger partial charge is 0.507 e. The highest BCUT2D eigenvalue weighted by atomic mass is 32.3. The van der Waals surface area contributed by atoms with Gasteiger partial charge in [0.05, 0.1) is 35.4 Å². The van der Waals surface area contributed by atoms with Crippen molar-refractivity contribution in [2.75, 3.05) is 50.5 Å². The third-order valence-electron chi connectivity index (χ3n) is 7.53. The Bertz CT molecular complexity index is 1450. The van der Waals surface area contributed by atoms with Gasteiger partial charge in [0.25, 0.3) is 5.91 Å². The van der Waals surface area contributed by atoms with E-state index in [1.807, 2.05) is 6.92 Å². The predicted molar refractivity (Wildman–Crippen MR) is 156 cm³/mol. The first-order valence-corrected chi connectivity index (χ1v) is 15.2. The Kier molecular flexibility index (Phi) is 8.23. The summed E-state index contributed by atoms with van der Waals surface area (Å²) in [7, 11) is -0.376. The quantitative estimate of drug-likeness (QED) is 0.400. The minimum atomic E-state index is -1.95. The number of phenols is 1. The lowest BCUT2D eigenvalue weighted by Crippen LogP contribution is -2.52. The minimum Gasteiger partial charge on any atom is -0.507 e. The lowest BCUT2D eigenvalue weighted by Gasteiger charge is -2.39. The van der Waals surface area contributed by atoms with Gasteiger partial charge in [-0.3, -0.25) is 18.4 Å². The van der Waals surface area contributed by atoms with Crippen LogP contribution in [0.4, 0.5) is 5.82 Å². The summed E-state index contributed by atoms with van der Waals surface area (Å²) in [4.78, 5) is 30.4. The second-order valence-electron chi connectivity index (χ2n) is 9.93. The van der Waals surface area contributed by atoms with Gasteiger partial charge in [-0.2, -0.15) is 10.6 Å². The van der Waals surface area contributed by atoms with Crippen molar-refractivity contribution in [1.82, 2.24) is 24.8 Å². The summed E-state index contributed by atoms with van der Waals surface area (Å²) in [5, 5.41) is 10.9. The van der Waals surface area contributed by atoms with Gasteiger partial charge in [0.1, 0.15) is 17.9 Å². The van der Waals surface area contributed by atoms with Crippen molar-refractivity contribution in [2.45, 2.75) is 25.8 Å². The van der Waals surface area contributed by atoms with Crippen LogP contribution in [0.5, 0.6) is 5.75 Å². The van der Waals surface area contributed by atoms with Gasteiger partial charge in [0, 0.05) is 55.3 Å². The Hall–Kier alpha value is -3.69. The first kappa shape index (κ1) is 27.9. The molecule has 210 valence electrons. The zero-order valence-corrected chi connectivity index (χ0v) is 23.5. The number of carbonyl (C=O) groups is 1. The van der Waals surface area contributed by atoms with Gasteiger partial charge < -0.3 is 15.7 Å². The Morgan fingerprint density at radius 1 is 1.15 bits per heavy atom. The standard InChI is InChI=1S/C29H34N6O4S/c1-3-25-23(7-4-20-5-9-27(30)31-17-20)28(33-19-32-25)21-6-8-24(26(36)16-21)29(37)35-13-11-34(12-14-35)22-10-15-40(38,18-22)39-2/h5-6,8-9,16-17,19,22,36,38H,3,10-15,18H2,1-2H3,(H2,30,31). The Morgan fingerprint density at radius 2 is 1.95 bits per heavy atom. The van der Waals surface area contributed by atoms with Crippen LogP contribution in [0, 0.1) is 11.8 Å². The number of hydrogen-bond acceptors (Lipinski definition) is 9. The van der Waals surface area contributed by atoms with Crippen LogP contribution >= 0.6 is 10.6 Å². The van der Waals surface area contributed by atoms with E-state index in [2.05, 4.69) is 31.7 Å². The Labute approximate surface area is 236 Å². The molecule has 2 aliphatic rings. The average molecular weight is 563 g/mol. The molecule has 0 radical (unpaired) electrons. The van der Waals surface area contributed by atoms with Crippen molar-refractivity contribution >= 4 is 22.3 Å². The zero-order valence-electron chi connectivity index (χ0n) is 22.7. The van der Waals surface area contributed by atoms with Crippen LogP contribution in [0.2, 0.25) is 0 Å². The lowest BCUT2D eigenvalue weighted by atomic mass is 10.0. The monoisotopic (exact) mass is 562 g/mol. The third kappa shape index (κ3) is 5.90. The second-order valence-corrected chi connectivity index (χ2v) is 12.6. The number of hydrogen-bond donors (Lipinski definition) is 3. The van der Waals surface area contributed by atoms with Crippen molar-refractivity contribution in [3.05, 3.63) is 65.2 Å². The summed E-state index contributed by atoms with van der Waals surface area (Å²) >= 11 is 0. The fourth-order valence-corrected chi connectivity index (χ4v) is 7.29. The molecule has 2 aliphatic heterocycles. The number of piperazine rings is 1. The highest BCUT2D eigenvalue weighted by Gasteiger charge is 2.36. The topological polar surface area (TPSA) is 138 Å². The van der Waals surface area contributed by atoms with Crippen molar-refractivity contribution in [3.63, 3.8) is 0 Å². The van der Waals surface area contributed by atoms with Crippen molar-refractivity contribution in [3.8, 4) is 28.8 Å². The molecule has 4 N–H and O–H groups in total. The van der Waals surface area contributed by atoms with Gasteiger partial charge in [-0.1, -0.05) is 24.8 Å². The van der Waals surface area contributed by atoms with Crippen molar-refractivity contribution in [1.29, 1.82) is 0 Å². The van der Waals surface area contributed by atoms with E-state index in [9.17, 15) is 14.5 Å². The maximum atomic E-state index is 13.3. The average Bonchev–Trinajstić information content (AvgIpc) is 3.39. The van der Waals surface area contributed by atoms with Crippen LogP contribution in [0.25, 0.3) is 11.3 Å². The van der Waals surface area contributed by atoms with E-state index in [1.165, 1.54) is 6.33 Å². The number of nitrogen functional groups attached to an aromatic ring is 1. The van der Waals surface area contributed by atoms with E-state index in [-0.39, 0.29) is 23.3 Å². The van der Waals surface area contributed by atoms with Gasteiger partial charge >= 0.3 is 0 Å². The molecule has 2 saturated heterocycles. The smallest absolute Gasteiger partial charge is 0.257 e. The number of pyridine rings is 1. The molecule has 0 bridgehead atoms. The van der Waals surface area contributed by atoms with Gasteiger partial charge in [-0.15, -0.1) is 0 Å². The molecule has 1 aromatic carbocycles. The molecule has 0 aliphatic carbocycles. The summed E-state index contributed by atoms with van der Waals surface area (Å²) in [6, 6.07) is 8.76. The van der Waals surface area contributed by atoms with E-state index in [0.29, 0.717) is 59.2 Å². The third-order valence-corrected chi connectivity index (χ3v) is 9.93. The number of aromatic nitrogens is 3. The molecule has 2 unspecified atom stereocenters. The summed E-state index contributed by atoms with van der Waals surface area (Å²) < 4.78 is 15.8. The van der Waals surface area contributed by atoms with E-state index in [4.69, 9.17) is 9.92 Å². The number of anilines is 1. The number of nitrogens with zero attached hydrogens (tertiary/aromatic N) is 5. The lowest BCUT2D eigenvalue weighted by molar-refractivity contribution is 0.0584. The summed E-state index contributed by atoms with van der Waals surface area (Å²) in [5.74, 6) is 7.74. The number of phenolic OH excluding ortho intramolecular Hbond substituents is 1. The van der Waals surface area contributed by atoms with E-state index < -0.39 is 10.6 Å².